The van der Waals surface area contributed by atoms with Gasteiger partial charge in [0.05, 0.1) is 11.0 Å². The molecule has 0 aliphatic carbocycles. The summed E-state index contributed by atoms with van der Waals surface area (Å²) >= 11 is 7.63. The number of nitrogens with zero attached hydrogens (tertiary/aromatic N) is 3. The van der Waals surface area contributed by atoms with Crippen molar-refractivity contribution in [2.75, 3.05) is 14.1 Å². The number of amides is 1. The van der Waals surface area contributed by atoms with Gasteiger partial charge in [-0.3, -0.25) is 4.79 Å². The fourth-order valence-electron chi connectivity index (χ4n) is 2.84. The van der Waals surface area contributed by atoms with E-state index in [0.717, 1.165) is 34.7 Å². The number of fused-ring (bicyclic) bond motifs is 1. The number of halogens is 1. The SMILES string of the molecule is CCCn1c(S[C@@H](C(=O)N(C)C)c2ccccc2)nc2cc(Cl)ccc21. The molecule has 0 unspecified atom stereocenters. The number of likely N-dealkylation sites (N-methyl/N-ethyl adjacent to an activating group) is 1. The molecule has 3 rings (SSSR count). The summed E-state index contributed by atoms with van der Waals surface area (Å²) in [6.07, 6.45) is 0.985. The maximum absolute atomic E-state index is 12.8. The van der Waals surface area contributed by atoms with Crippen LogP contribution in [0.3, 0.4) is 0 Å². The first-order chi connectivity index (χ1) is 12.5. The zero-order chi connectivity index (χ0) is 18.7. The number of imidazole rings is 1. The monoisotopic (exact) mass is 387 g/mol. The molecular weight excluding hydrogens is 366 g/mol. The van der Waals surface area contributed by atoms with Crippen LogP contribution in [-0.2, 0) is 11.3 Å². The average molecular weight is 388 g/mol. The zero-order valence-corrected chi connectivity index (χ0v) is 16.7. The van der Waals surface area contributed by atoms with Gasteiger partial charge in [0.15, 0.2) is 5.16 Å². The quantitative estimate of drug-likeness (QED) is 0.557. The molecule has 0 saturated carbocycles. The number of hydrogen-bond acceptors (Lipinski definition) is 3. The zero-order valence-electron chi connectivity index (χ0n) is 15.1. The fourth-order valence-corrected chi connectivity index (χ4v) is 4.29. The van der Waals surface area contributed by atoms with Crippen LogP contribution >= 0.6 is 23.4 Å². The Kier molecular flexibility index (Phi) is 5.89. The minimum Gasteiger partial charge on any atom is -0.348 e. The number of benzene rings is 2. The average Bonchev–Trinajstić information content (AvgIpc) is 2.96. The van der Waals surface area contributed by atoms with Crippen molar-refractivity contribution in [3.63, 3.8) is 0 Å². The molecule has 26 heavy (non-hydrogen) atoms. The largest absolute Gasteiger partial charge is 0.348 e. The Morgan fingerprint density at radius 3 is 2.62 bits per heavy atom. The highest BCUT2D eigenvalue weighted by Crippen LogP contribution is 2.38. The second-order valence-corrected chi connectivity index (χ2v) is 7.83. The minimum absolute atomic E-state index is 0.0503. The minimum atomic E-state index is -0.339. The highest BCUT2D eigenvalue weighted by atomic mass is 35.5. The number of carbonyl (C=O) groups is 1. The van der Waals surface area contributed by atoms with E-state index in [1.54, 1.807) is 19.0 Å². The number of carbonyl (C=O) groups excluding carboxylic acids is 1. The lowest BCUT2D eigenvalue weighted by Gasteiger charge is -2.20. The summed E-state index contributed by atoms with van der Waals surface area (Å²) in [5.74, 6) is 0.0503. The van der Waals surface area contributed by atoms with Crippen molar-refractivity contribution in [3.05, 3.63) is 59.1 Å². The van der Waals surface area contributed by atoms with E-state index in [1.165, 1.54) is 11.8 Å². The molecule has 0 spiro atoms. The smallest absolute Gasteiger partial charge is 0.240 e. The van der Waals surface area contributed by atoms with E-state index in [2.05, 4.69) is 11.5 Å². The molecule has 1 atom stereocenters. The topological polar surface area (TPSA) is 38.1 Å². The van der Waals surface area contributed by atoms with Crippen molar-refractivity contribution in [1.82, 2.24) is 14.5 Å². The molecule has 2 aromatic carbocycles. The van der Waals surface area contributed by atoms with E-state index in [1.807, 2.05) is 48.5 Å². The predicted octanol–water partition coefficient (Wildman–Crippen LogP) is 5.02. The molecule has 0 bridgehead atoms. The Balaban J connectivity index is 2.06. The summed E-state index contributed by atoms with van der Waals surface area (Å²) in [7, 11) is 3.57. The van der Waals surface area contributed by atoms with Gasteiger partial charge >= 0.3 is 0 Å². The maximum Gasteiger partial charge on any atom is 0.240 e. The molecule has 0 aliphatic rings. The molecule has 0 radical (unpaired) electrons. The summed E-state index contributed by atoms with van der Waals surface area (Å²) < 4.78 is 2.18. The second kappa shape index (κ2) is 8.14. The van der Waals surface area contributed by atoms with E-state index < -0.39 is 0 Å². The molecule has 0 fully saturated rings. The number of aryl methyl sites for hydroxylation is 1. The standard InChI is InChI=1S/C20H22ClN3OS/c1-4-12-24-17-11-10-15(21)13-16(17)22-20(24)26-18(19(25)23(2)3)14-8-6-5-7-9-14/h5-11,13,18H,4,12H2,1-3H3/t18-/m1/s1. The highest BCUT2D eigenvalue weighted by molar-refractivity contribution is 8.00. The number of rotatable bonds is 6. The van der Waals surface area contributed by atoms with Gasteiger partial charge in [0.25, 0.3) is 0 Å². The maximum atomic E-state index is 12.8. The molecule has 6 heteroatoms. The van der Waals surface area contributed by atoms with Crippen LogP contribution in [0.4, 0.5) is 0 Å². The van der Waals surface area contributed by atoms with Crippen LogP contribution in [-0.4, -0.2) is 34.5 Å². The first kappa shape index (κ1) is 18.8. The van der Waals surface area contributed by atoms with Crippen LogP contribution in [0.2, 0.25) is 5.02 Å². The molecular formula is C20H22ClN3OS. The number of aromatic nitrogens is 2. The van der Waals surface area contributed by atoms with Crippen molar-refractivity contribution in [3.8, 4) is 0 Å². The van der Waals surface area contributed by atoms with Gasteiger partial charge in [-0.15, -0.1) is 0 Å². The lowest BCUT2D eigenvalue weighted by atomic mass is 10.1. The first-order valence-corrected chi connectivity index (χ1v) is 9.85. The molecule has 4 nitrogen and oxygen atoms in total. The van der Waals surface area contributed by atoms with Crippen molar-refractivity contribution in [2.24, 2.45) is 0 Å². The van der Waals surface area contributed by atoms with Crippen LogP contribution in [0.25, 0.3) is 11.0 Å². The van der Waals surface area contributed by atoms with Crippen molar-refractivity contribution in [2.45, 2.75) is 30.3 Å². The molecule has 0 saturated heterocycles. The van der Waals surface area contributed by atoms with Gasteiger partial charge in [0.1, 0.15) is 5.25 Å². The van der Waals surface area contributed by atoms with Gasteiger partial charge in [-0.1, -0.05) is 60.6 Å². The van der Waals surface area contributed by atoms with Gasteiger partial charge < -0.3 is 9.47 Å². The lowest BCUT2D eigenvalue weighted by Crippen LogP contribution is -2.27. The van der Waals surface area contributed by atoms with Gasteiger partial charge in [-0.05, 0) is 30.2 Å². The van der Waals surface area contributed by atoms with E-state index in [0.29, 0.717) is 5.02 Å². The van der Waals surface area contributed by atoms with Crippen molar-refractivity contribution < 1.29 is 4.79 Å². The van der Waals surface area contributed by atoms with Crippen LogP contribution < -0.4 is 0 Å². The van der Waals surface area contributed by atoms with E-state index in [9.17, 15) is 4.79 Å². The Hall–Kier alpha value is -1.98. The third-order valence-electron chi connectivity index (χ3n) is 4.11. The number of hydrogen-bond donors (Lipinski definition) is 0. The Morgan fingerprint density at radius 2 is 1.96 bits per heavy atom. The summed E-state index contributed by atoms with van der Waals surface area (Å²) in [6.45, 7) is 2.98. The van der Waals surface area contributed by atoms with Gasteiger partial charge in [-0.25, -0.2) is 4.98 Å². The molecule has 3 aromatic rings. The molecule has 0 aliphatic heterocycles. The molecule has 1 heterocycles. The van der Waals surface area contributed by atoms with E-state index >= 15 is 0 Å². The normalized spacial score (nSPS) is 12.3. The van der Waals surface area contributed by atoms with Crippen LogP contribution in [0.15, 0.2) is 53.7 Å². The number of thioether (sulfide) groups is 1. The Morgan fingerprint density at radius 1 is 1.23 bits per heavy atom. The van der Waals surface area contributed by atoms with Crippen LogP contribution in [0, 0.1) is 0 Å². The molecule has 1 aromatic heterocycles. The van der Waals surface area contributed by atoms with Crippen molar-refractivity contribution >= 4 is 40.3 Å². The summed E-state index contributed by atoms with van der Waals surface area (Å²) in [5, 5.41) is 1.17. The summed E-state index contributed by atoms with van der Waals surface area (Å²) in [4.78, 5) is 19.2. The molecule has 0 N–H and O–H groups in total. The van der Waals surface area contributed by atoms with Gasteiger partial charge in [-0.2, -0.15) is 0 Å². The highest BCUT2D eigenvalue weighted by Gasteiger charge is 2.26. The second-order valence-electron chi connectivity index (χ2n) is 6.32. The van der Waals surface area contributed by atoms with Gasteiger partial charge in [0.2, 0.25) is 5.91 Å². The first-order valence-electron chi connectivity index (χ1n) is 8.59. The Bertz CT molecular complexity index is 908. The summed E-state index contributed by atoms with van der Waals surface area (Å²) in [5.41, 5.74) is 2.88. The van der Waals surface area contributed by atoms with Crippen LogP contribution in [0.5, 0.6) is 0 Å². The van der Waals surface area contributed by atoms with Gasteiger partial charge in [0, 0.05) is 25.7 Å². The molecule has 1 amide bonds. The molecule has 136 valence electrons. The predicted molar refractivity (Wildman–Crippen MR) is 109 cm³/mol. The van der Waals surface area contributed by atoms with E-state index in [-0.39, 0.29) is 11.2 Å². The van der Waals surface area contributed by atoms with Crippen LogP contribution in [0.1, 0.15) is 24.2 Å². The van der Waals surface area contributed by atoms with Crippen molar-refractivity contribution in [1.29, 1.82) is 0 Å². The lowest BCUT2D eigenvalue weighted by molar-refractivity contribution is -0.128. The fraction of sp³-hybridized carbons (Fsp3) is 0.300. The third kappa shape index (κ3) is 3.89. The van der Waals surface area contributed by atoms with E-state index in [4.69, 9.17) is 16.6 Å². The Labute approximate surface area is 163 Å². The summed E-state index contributed by atoms with van der Waals surface area (Å²) in [6, 6.07) is 15.6. The third-order valence-corrected chi connectivity index (χ3v) is 5.58.